The van der Waals surface area contributed by atoms with Crippen LogP contribution in [-0.4, -0.2) is 30.3 Å². The Labute approximate surface area is 251 Å². The number of ether oxygens (including phenoxy) is 3. The van der Waals surface area contributed by atoms with E-state index in [1.165, 1.54) is 0 Å². The van der Waals surface area contributed by atoms with Gasteiger partial charge in [-0.1, -0.05) is 85.4 Å². The number of hydrogen-bond acceptors (Lipinski definition) is 6. The second-order valence-corrected chi connectivity index (χ2v) is 12.8. The van der Waals surface area contributed by atoms with Crippen molar-refractivity contribution in [3.63, 3.8) is 0 Å². The molecular weight excluding hydrogens is 528 g/mol. The predicted molar refractivity (Wildman–Crippen MR) is 167 cm³/mol. The lowest BCUT2D eigenvalue weighted by Crippen LogP contribution is -2.19. The molecule has 0 aromatic heterocycles. The molecule has 0 heterocycles. The minimum atomic E-state index is -0.396. The quantitative estimate of drug-likeness (QED) is 0.125. The van der Waals surface area contributed by atoms with E-state index < -0.39 is 5.97 Å². The second kappa shape index (κ2) is 14.9. The van der Waals surface area contributed by atoms with Gasteiger partial charge in [-0.3, -0.25) is 0 Å². The summed E-state index contributed by atoms with van der Waals surface area (Å²) in [7, 11) is 0. The zero-order chi connectivity index (χ0) is 30.8. The van der Waals surface area contributed by atoms with Crippen LogP contribution in [0.15, 0.2) is 66.7 Å². The first kappa shape index (κ1) is 32.7. The van der Waals surface area contributed by atoms with E-state index in [1.54, 1.807) is 48.5 Å². The molecule has 0 aliphatic heterocycles. The number of unbranched alkanes of at least 4 members (excludes halogenated alkanes) is 5. The number of hydrogen-bond donors (Lipinski definition) is 1. The van der Waals surface area contributed by atoms with E-state index in [-0.39, 0.29) is 22.5 Å². The first-order chi connectivity index (χ1) is 19.9. The molecule has 0 spiro atoms. The third-order valence-corrected chi connectivity index (χ3v) is 7.05. The molecule has 226 valence electrons. The largest absolute Gasteiger partial charge is 0.507 e. The number of esters is 2. The summed E-state index contributed by atoms with van der Waals surface area (Å²) in [6.45, 7) is 13.2. The third-order valence-electron chi connectivity index (χ3n) is 7.05. The van der Waals surface area contributed by atoms with E-state index in [4.69, 9.17) is 14.2 Å². The molecule has 0 bridgehead atoms. The normalized spacial score (nSPS) is 11.7. The number of aromatic hydroxyl groups is 1. The summed E-state index contributed by atoms with van der Waals surface area (Å²) in [5, 5.41) is 10.9. The highest BCUT2D eigenvalue weighted by Crippen LogP contribution is 2.40. The average molecular weight is 575 g/mol. The van der Waals surface area contributed by atoms with Crippen LogP contribution in [0.3, 0.4) is 0 Å². The summed E-state index contributed by atoms with van der Waals surface area (Å²) in [4.78, 5) is 25.1. The monoisotopic (exact) mass is 574 g/mol. The lowest BCUT2D eigenvalue weighted by molar-refractivity contribution is 0.0497. The van der Waals surface area contributed by atoms with Crippen molar-refractivity contribution in [3.05, 3.63) is 89.0 Å². The molecule has 0 saturated heterocycles. The van der Waals surface area contributed by atoms with Crippen molar-refractivity contribution in [2.75, 3.05) is 13.2 Å². The van der Waals surface area contributed by atoms with E-state index in [1.807, 2.05) is 59.7 Å². The van der Waals surface area contributed by atoms with Crippen molar-refractivity contribution in [1.29, 1.82) is 0 Å². The highest BCUT2D eigenvalue weighted by atomic mass is 16.5. The molecule has 1 N–H and O–H groups in total. The molecule has 0 radical (unpaired) electrons. The van der Waals surface area contributed by atoms with Crippen LogP contribution in [0.2, 0.25) is 0 Å². The lowest BCUT2D eigenvalue weighted by atomic mass is 9.78. The predicted octanol–water partition coefficient (Wildman–Crippen LogP) is 8.78. The molecule has 0 amide bonds. The molecule has 0 unspecified atom stereocenters. The van der Waals surface area contributed by atoms with Gasteiger partial charge in [-0.25, -0.2) is 9.59 Å². The Morgan fingerprint density at radius 2 is 1.14 bits per heavy atom. The Kier molecular flexibility index (Phi) is 11.6. The van der Waals surface area contributed by atoms with Gasteiger partial charge in [-0.15, -0.1) is 0 Å². The fourth-order valence-corrected chi connectivity index (χ4v) is 4.59. The highest BCUT2D eigenvalue weighted by Gasteiger charge is 2.28. The standard InChI is InChI=1S/C36H46O6/c1-35(2,3)30-24-27(25-31(32(30)37)36(4,5)6)33(38)41-23-15-10-8-7-9-14-22-40-28-20-18-26(19-21-28)34(39)42-29-16-12-11-13-17-29/h11-13,16-21,24-25,37H,7-10,14-15,22-23H2,1-6H3. The minimum Gasteiger partial charge on any atom is -0.507 e. The molecule has 42 heavy (non-hydrogen) atoms. The summed E-state index contributed by atoms with van der Waals surface area (Å²) >= 11 is 0. The Morgan fingerprint density at radius 1 is 0.619 bits per heavy atom. The summed E-state index contributed by atoms with van der Waals surface area (Å²) in [6.07, 6.45) is 5.96. The molecule has 0 aliphatic rings. The summed E-state index contributed by atoms with van der Waals surface area (Å²) in [6, 6.07) is 19.5. The zero-order valence-electron chi connectivity index (χ0n) is 26.0. The van der Waals surface area contributed by atoms with Crippen LogP contribution in [-0.2, 0) is 15.6 Å². The van der Waals surface area contributed by atoms with Gasteiger partial charge < -0.3 is 19.3 Å². The van der Waals surface area contributed by atoms with E-state index in [2.05, 4.69) is 0 Å². The van der Waals surface area contributed by atoms with Crippen LogP contribution < -0.4 is 9.47 Å². The fraction of sp³-hybridized carbons (Fsp3) is 0.444. The highest BCUT2D eigenvalue weighted by molar-refractivity contribution is 5.91. The number of para-hydroxylation sites is 1. The zero-order valence-corrected chi connectivity index (χ0v) is 26.0. The van der Waals surface area contributed by atoms with Gasteiger partial charge in [0.15, 0.2) is 0 Å². The van der Waals surface area contributed by atoms with Gasteiger partial charge in [0, 0.05) is 11.1 Å². The van der Waals surface area contributed by atoms with Gasteiger partial charge in [-0.2, -0.15) is 0 Å². The molecule has 0 fully saturated rings. The van der Waals surface area contributed by atoms with Gasteiger partial charge in [0.05, 0.1) is 24.3 Å². The van der Waals surface area contributed by atoms with Crippen molar-refractivity contribution in [1.82, 2.24) is 0 Å². The maximum Gasteiger partial charge on any atom is 0.343 e. The van der Waals surface area contributed by atoms with Crippen LogP contribution in [0.4, 0.5) is 0 Å². The average Bonchev–Trinajstić information content (AvgIpc) is 2.93. The SMILES string of the molecule is CC(C)(C)c1cc(C(=O)OCCCCCCCCOc2ccc(C(=O)Oc3ccccc3)cc2)cc(C(C)(C)C)c1O. The van der Waals surface area contributed by atoms with Crippen LogP contribution in [0, 0.1) is 0 Å². The van der Waals surface area contributed by atoms with E-state index in [9.17, 15) is 14.7 Å². The van der Waals surface area contributed by atoms with Crippen molar-refractivity contribution in [3.8, 4) is 17.2 Å². The maximum atomic E-state index is 12.8. The van der Waals surface area contributed by atoms with Crippen LogP contribution in [0.25, 0.3) is 0 Å². The first-order valence-corrected chi connectivity index (χ1v) is 14.9. The number of benzene rings is 3. The Morgan fingerprint density at radius 3 is 1.69 bits per heavy atom. The second-order valence-electron chi connectivity index (χ2n) is 12.8. The fourth-order valence-electron chi connectivity index (χ4n) is 4.59. The van der Waals surface area contributed by atoms with E-state index in [0.29, 0.717) is 30.1 Å². The van der Waals surface area contributed by atoms with Gasteiger partial charge in [0.25, 0.3) is 0 Å². The van der Waals surface area contributed by atoms with Crippen molar-refractivity contribution in [2.24, 2.45) is 0 Å². The topological polar surface area (TPSA) is 82.1 Å². The van der Waals surface area contributed by atoms with E-state index in [0.717, 1.165) is 55.4 Å². The van der Waals surface area contributed by atoms with Crippen LogP contribution in [0.5, 0.6) is 17.2 Å². The van der Waals surface area contributed by atoms with Crippen molar-refractivity contribution in [2.45, 2.75) is 90.9 Å². The summed E-state index contributed by atoms with van der Waals surface area (Å²) in [5.41, 5.74) is 1.88. The summed E-state index contributed by atoms with van der Waals surface area (Å²) < 4.78 is 16.7. The molecule has 0 saturated carbocycles. The number of carbonyl (C=O) groups is 2. The van der Waals surface area contributed by atoms with Gasteiger partial charge in [0.2, 0.25) is 0 Å². The molecule has 3 rings (SSSR count). The number of carbonyl (C=O) groups excluding carboxylic acids is 2. The Bertz CT molecular complexity index is 1260. The van der Waals surface area contributed by atoms with Crippen molar-refractivity contribution < 1.29 is 28.9 Å². The molecule has 3 aromatic rings. The number of rotatable bonds is 13. The maximum absolute atomic E-state index is 12.8. The van der Waals surface area contributed by atoms with Gasteiger partial charge >= 0.3 is 11.9 Å². The molecule has 6 heteroatoms. The first-order valence-electron chi connectivity index (χ1n) is 14.9. The van der Waals surface area contributed by atoms with Crippen molar-refractivity contribution >= 4 is 11.9 Å². The smallest absolute Gasteiger partial charge is 0.343 e. The van der Waals surface area contributed by atoms with Crippen LogP contribution >= 0.6 is 0 Å². The molecule has 0 atom stereocenters. The molecule has 3 aromatic carbocycles. The molecule has 6 nitrogen and oxygen atoms in total. The van der Waals surface area contributed by atoms with Gasteiger partial charge in [-0.05, 0) is 72.2 Å². The Hall–Kier alpha value is -3.80. The number of phenols is 1. The van der Waals surface area contributed by atoms with Gasteiger partial charge in [0.1, 0.15) is 17.2 Å². The molecule has 0 aliphatic carbocycles. The van der Waals surface area contributed by atoms with Crippen LogP contribution in [0.1, 0.15) is 112 Å². The third kappa shape index (κ3) is 9.93. The Balaban J connectivity index is 1.30. The molecular formula is C36H46O6. The lowest BCUT2D eigenvalue weighted by Gasteiger charge is -2.28. The summed E-state index contributed by atoms with van der Waals surface area (Å²) in [5.74, 6) is 0.765. The number of phenolic OH excluding ortho intramolecular Hbond substituents is 1. The van der Waals surface area contributed by atoms with E-state index >= 15 is 0 Å². The minimum absolute atomic E-state index is 0.260.